The summed E-state index contributed by atoms with van der Waals surface area (Å²) in [4.78, 5) is 29.9. The molecule has 0 unspecified atom stereocenters. The van der Waals surface area contributed by atoms with Crippen molar-refractivity contribution < 1.29 is 14.3 Å². The normalized spacial score (nSPS) is 13.1. The van der Waals surface area contributed by atoms with Gasteiger partial charge >= 0.3 is 5.97 Å². The molecule has 5 nitrogen and oxygen atoms in total. The van der Waals surface area contributed by atoms with E-state index < -0.39 is 0 Å². The Hall–Kier alpha value is -3.08. The topological polar surface area (TPSA) is 62.4 Å². The first-order valence-electron chi connectivity index (χ1n) is 8.78. The first-order chi connectivity index (χ1) is 12.6. The number of para-hydroxylation sites is 1. The Labute approximate surface area is 151 Å². The maximum atomic E-state index is 13.1. The van der Waals surface area contributed by atoms with Crippen molar-refractivity contribution in [2.45, 2.75) is 20.3 Å². The highest BCUT2D eigenvalue weighted by atomic mass is 16.5. The van der Waals surface area contributed by atoms with Crippen molar-refractivity contribution in [3.05, 3.63) is 64.8 Å². The zero-order valence-electron chi connectivity index (χ0n) is 14.8. The number of carbonyl (C=O) groups excluding carboxylic acids is 2. The molecule has 1 aliphatic rings. The summed E-state index contributed by atoms with van der Waals surface area (Å²) in [7, 11) is 0. The molecule has 0 spiro atoms. The van der Waals surface area contributed by atoms with Gasteiger partial charge < -0.3 is 14.6 Å². The number of nitrogens with zero attached hydrogens (tertiary/aromatic N) is 1. The summed E-state index contributed by atoms with van der Waals surface area (Å²) >= 11 is 0. The maximum absolute atomic E-state index is 13.1. The smallest absolute Gasteiger partial charge is 0.354 e. The minimum atomic E-state index is -0.388. The number of amides is 1. The molecule has 0 fully saturated rings. The molecule has 26 heavy (non-hydrogen) atoms. The summed E-state index contributed by atoms with van der Waals surface area (Å²) in [6.07, 6.45) is 0.877. The van der Waals surface area contributed by atoms with E-state index >= 15 is 0 Å². The number of hydrogen-bond acceptors (Lipinski definition) is 3. The molecular formula is C21H20N2O3. The number of H-pyrrole nitrogens is 1. The number of ether oxygens (including phenoxy) is 1. The number of aryl methyl sites for hydroxylation is 1. The van der Waals surface area contributed by atoms with Crippen LogP contribution in [0.15, 0.2) is 42.5 Å². The van der Waals surface area contributed by atoms with Crippen LogP contribution in [0.2, 0.25) is 0 Å². The van der Waals surface area contributed by atoms with E-state index in [2.05, 4.69) is 11.1 Å². The largest absolute Gasteiger partial charge is 0.461 e. The number of benzene rings is 2. The van der Waals surface area contributed by atoms with Crippen LogP contribution in [0.1, 0.15) is 38.9 Å². The molecule has 1 amide bonds. The second-order valence-corrected chi connectivity index (χ2v) is 6.49. The fraction of sp³-hybridized carbons (Fsp3) is 0.238. The standard InChI is InChI=1S/C21H20N2O3/c1-3-26-21(25)18-12-16-11-15(7-8-17(16)22-18)20(24)23-10-9-14-6-4-5-13(2)19(14)23/h4-8,11-12,22H,3,9-10H2,1-2H3. The maximum Gasteiger partial charge on any atom is 0.354 e. The van der Waals surface area contributed by atoms with Crippen LogP contribution in [-0.2, 0) is 11.2 Å². The third-order valence-electron chi connectivity index (χ3n) is 4.80. The average molecular weight is 348 g/mol. The lowest BCUT2D eigenvalue weighted by atomic mass is 10.1. The first-order valence-corrected chi connectivity index (χ1v) is 8.78. The summed E-state index contributed by atoms with van der Waals surface area (Å²) in [6.45, 7) is 4.82. The van der Waals surface area contributed by atoms with E-state index in [1.165, 1.54) is 5.56 Å². The monoisotopic (exact) mass is 348 g/mol. The van der Waals surface area contributed by atoms with Gasteiger partial charge in [0, 0.05) is 23.0 Å². The Balaban J connectivity index is 1.67. The van der Waals surface area contributed by atoms with Gasteiger partial charge in [-0.3, -0.25) is 4.79 Å². The third kappa shape index (κ3) is 2.65. The number of aromatic amines is 1. The Bertz CT molecular complexity index is 1020. The van der Waals surface area contributed by atoms with E-state index in [1.54, 1.807) is 19.1 Å². The molecule has 0 saturated carbocycles. The van der Waals surface area contributed by atoms with Crippen LogP contribution < -0.4 is 4.90 Å². The molecular weight excluding hydrogens is 328 g/mol. The van der Waals surface area contributed by atoms with Crippen LogP contribution in [0.3, 0.4) is 0 Å². The molecule has 0 atom stereocenters. The van der Waals surface area contributed by atoms with Crippen molar-refractivity contribution in [2.24, 2.45) is 0 Å². The minimum Gasteiger partial charge on any atom is -0.461 e. The quantitative estimate of drug-likeness (QED) is 0.731. The summed E-state index contributed by atoms with van der Waals surface area (Å²) in [5.41, 5.74) is 5.17. The van der Waals surface area contributed by atoms with Gasteiger partial charge in [0.2, 0.25) is 0 Å². The lowest BCUT2D eigenvalue weighted by molar-refractivity contribution is 0.0520. The second-order valence-electron chi connectivity index (χ2n) is 6.49. The van der Waals surface area contributed by atoms with E-state index in [9.17, 15) is 9.59 Å². The van der Waals surface area contributed by atoms with Crippen LogP contribution >= 0.6 is 0 Å². The van der Waals surface area contributed by atoms with Crippen LogP contribution in [0, 0.1) is 6.92 Å². The molecule has 5 heteroatoms. The molecule has 4 rings (SSSR count). The van der Waals surface area contributed by atoms with Gasteiger partial charge in [0.15, 0.2) is 0 Å². The zero-order valence-corrected chi connectivity index (χ0v) is 14.8. The number of hydrogen-bond donors (Lipinski definition) is 1. The predicted octanol–water partition coefficient (Wildman–Crippen LogP) is 3.86. The second kappa shape index (κ2) is 6.33. The molecule has 0 radical (unpaired) electrons. The van der Waals surface area contributed by atoms with Gasteiger partial charge in [-0.25, -0.2) is 4.79 Å². The Morgan fingerprint density at radius 3 is 2.85 bits per heavy atom. The third-order valence-corrected chi connectivity index (χ3v) is 4.80. The van der Waals surface area contributed by atoms with Crippen LogP contribution in [-0.4, -0.2) is 30.0 Å². The highest BCUT2D eigenvalue weighted by Crippen LogP contribution is 2.32. The molecule has 0 saturated heterocycles. The SMILES string of the molecule is CCOC(=O)c1cc2cc(C(=O)N3CCc4cccc(C)c43)ccc2[nH]1. The summed E-state index contributed by atoms with van der Waals surface area (Å²) in [5, 5.41) is 0.822. The van der Waals surface area contributed by atoms with E-state index in [0.717, 1.165) is 28.6 Å². The molecule has 0 aliphatic carbocycles. The number of esters is 1. The van der Waals surface area contributed by atoms with Gasteiger partial charge in [0.1, 0.15) is 5.69 Å². The summed E-state index contributed by atoms with van der Waals surface area (Å²) in [5.74, 6) is -0.403. The Morgan fingerprint density at radius 2 is 2.04 bits per heavy atom. The number of rotatable bonds is 3. The highest BCUT2D eigenvalue weighted by Gasteiger charge is 2.27. The number of aromatic nitrogens is 1. The zero-order chi connectivity index (χ0) is 18.3. The Morgan fingerprint density at radius 1 is 1.19 bits per heavy atom. The van der Waals surface area contributed by atoms with Crippen LogP contribution in [0.4, 0.5) is 5.69 Å². The van der Waals surface area contributed by atoms with Gasteiger partial charge in [-0.1, -0.05) is 18.2 Å². The van der Waals surface area contributed by atoms with E-state index in [0.29, 0.717) is 24.4 Å². The predicted molar refractivity (Wildman–Crippen MR) is 101 cm³/mol. The fourth-order valence-corrected chi connectivity index (χ4v) is 3.60. The Kier molecular flexibility index (Phi) is 3.99. The molecule has 3 aromatic rings. The van der Waals surface area contributed by atoms with Crippen molar-refractivity contribution in [1.82, 2.24) is 4.98 Å². The lowest BCUT2D eigenvalue weighted by Crippen LogP contribution is -2.29. The minimum absolute atomic E-state index is 0.0150. The van der Waals surface area contributed by atoms with Crippen LogP contribution in [0.5, 0.6) is 0 Å². The molecule has 1 aliphatic heterocycles. The molecule has 1 N–H and O–H groups in total. The first kappa shape index (κ1) is 16.4. The number of nitrogens with one attached hydrogen (secondary N) is 1. The van der Waals surface area contributed by atoms with Gasteiger partial charge in [0.05, 0.1) is 12.3 Å². The van der Waals surface area contributed by atoms with Gasteiger partial charge in [-0.05, 0) is 55.7 Å². The van der Waals surface area contributed by atoms with E-state index in [-0.39, 0.29) is 11.9 Å². The van der Waals surface area contributed by atoms with Crippen molar-refractivity contribution in [3.8, 4) is 0 Å². The van der Waals surface area contributed by atoms with Crippen LogP contribution in [0.25, 0.3) is 10.9 Å². The van der Waals surface area contributed by atoms with Crippen molar-refractivity contribution in [2.75, 3.05) is 18.1 Å². The van der Waals surface area contributed by atoms with Crippen molar-refractivity contribution >= 4 is 28.5 Å². The summed E-state index contributed by atoms with van der Waals surface area (Å²) < 4.78 is 5.02. The molecule has 132 valence electrons. The molecule has 2 heterocycles. The number of carbonyl (C=O) groups is 2. The summed E-state index contributed by atoms with van der Waals surface area (Å²) in [6, 6.07) is 13.3. The average Bonchev–Trinajstić information content (AvgIpc) is 3.25. The van der Waals surface area contributed by atoms with E-state index in [1.807, 2.05) is 36.1 Å². The molecule has 0 bridgehead atoms. The highest BCUT2D eigenvalue weighted by molar-refractivity contribution is 6.09. The van der Waals surface area contributed by atoms with E-state index in [4.69, 9.17) is 4.74 Å². The fourth-order valence-electron chi connectivity index (χ4n) is 3.60. The van der Waals surface area contributed by atoms with Gasteiger partial charge in [-0.15, -0.1) is 0 Å². The molecule has 1 aromatic heterocycles. The van der Waals surface area contributed by atoms with Crippen molar-refractivity contribution in [1.29, 1.82) is 0 Å². The van der Waals surface area contributed by atoms with Gasteiger partial charge in [-0.2, -0.15) is 0 Å². The molecule has 2 aromatic carbocycles. The number of fused-ring (bicyclic) bond motifs is 2. The van der Waals surface area contributed by atoms with Crippen molar-refractivity contribution in [3.63, 3.8) is 0 Å². The van der Waals surface area contributed by atoms with Gasteiger partial charge in [0.25, 0.3) is 5.91 Å². The lowest BCUT2D eigenvalue weighted by Gasteiger charge is -2.19. The number of anilines is 1.